The van der Waals surface area contributed by atoms with Crippen LogP contribution < -0.4 is 5.32 Å². The fourth-order valence-corrected chi connectivity index (χ4v) is 3.88. The van der Waals surface area contributed by atoms with Crippen molar-refractivity contribution < 1.29 is 24.9 Å². The van der Waals surface area contributed by atoms with Crippen LogP contribution in [0.3, 0.4) is 0 Å². The second-order valence-corrected chi connectivity index (χ2v) is 7.35. The predicted octanol–water partition coefficient (Wildman–Crippen LogP) is 0.352. The Morgan fingerprint density at radius 3 is 2.11 bits per heavy atom. The number of aliphatic carboxylic acids is 2. The molecule has 0 aliphatic carbocycles. The largest absolute Gasteiger partial charge is 0.481 e. The Morgan fingerprint density at radius 2 is 1.83 bits per heavy atom. The highest BCUT2D eigenvalue weighted by Crippen LogP contribution is 2.43. The molecule has 1 heterocycles. The molecule has 0 amide bonds. The first kappa shape index (κ1) is 15.3. The summed E-state index contributed by atoms with van der Waals surface area (Å²) in [6, 6.07) is -0.836. The monoisotopic (exact) mass is 277 g/mol. The molecule has 3 atom stereocenters. The normalized spacial score (nSPS) is 28.9. The minimum Gasteiger partial charge on any atom is -0.481 e. The summed E-state index contributed by atoms with van der Waals surface area (Å²) < 4.78 is -0.630. The molecule has 1 fully saturated rings. The zero-order valence-corrected chi connectivity index (χ0v) is 11.6. The lowest BCUT2D eigenvalue weighted by molar-refractivity contribution is -0.151. The van der Waals surface area contributed by atoms with Crippen LogP contribution >= 0.6 is 11.8 Å². The van der Waals surface area contributed by atoms with Gasteiger partial charge in [0.2, 0.25) is 0 Å². The highest BCUT2D eigenvalue weighted by molar-refractivity contribution is 8.01. The number of nitrogens with one attached hydrogen (secondary N) is 1. The molecular weight excluding hydrogens is 258 g/mol. The maximum Gasteiger partial charge on any atom is 0.322 e. The van der Waals surface area contributed by atoms with Gasteiger partial charge in [0.1, 0.15) is 12.0 Å². The van der Waals surface area contributed by atoms with Crippen LogP contribution in [0, 0.1) is 5.92 Å². The van der Waals surface area contributed by atoms with E-state index in [1.54, 1.807) is 13.8 Å². The van der Waals surface area contributed by atoms with Crippen molar-refractivity contribution in [1.29, 1.82) is 0 Å². The summed E-state index contributed by atoms with van der Waals surface area (Å²) in [5.74, 6) is -3.24. The van der Waals surface area contributed by atoms with E-state index in [-0.39, 0.29) is 0 Å². The number of rotatable bonds is 4. The van der Waals surface area contributed by atoms with Crippen LogP contribution in [0.2, 0.25) is 0 Å². The Kier molecular flexibility index (Phi) is 4.00. The Labute approximate surface area is 110 Å². The van der Waals surface area contributed by atoms with Gasteiger partial charge in [0.05, 0.1) is 11.0 Å². The molecule has 18 heavy (non-hydrogen) atoms. The second-order valence-electron chi connectivity index (χ2n) is 5.55. The third-order valence-corrected chi connectivity index (χ3v) is 4.54. The zero-order chi connectivity index (χ0) is 14.3. The molecule has 1 aliphatic heterocycles. The second kappa shape index (κ2) is 4.71. The highest BCUT2D eigenvalue weighted by Gasteiger charge is 2.52. The topological polar surface area (TPSA) is 107 Å². The first-order valence-corrected chi connectivity index (χ1v) is 6.46. The Hall–Kier alpha value is -0.790. The zero-order valence-electron chi connectivity index (χ0n) is 10.8. The summed E-state index contributed by atoms with van der Waals surface area (Å²) in [7, 11) is 0. The molecule has 1 rings (SSSR count). The van der Waals surface area contributed by atoms with E-state index in [4.69, 9.17) is 5.11 Å². The van der Waals surface area contributed by atoms with E-state index >= 15 is 0 Å². The van der Waals surface area contributed by atoms with E-state index in [2.05, 4.69) is 5.32 Å². The SMILES string of the molecule is CC(C)(O)[C@H](C(=O)O)[C@@H]1N[C@@H](C(=O)O)C(C)(C)S1. The maximum absolute atomic E-state index is 11.3. The molecule has 0 unspecified atom stereocenters. The van der Waals surface area contributed by atoms with Gasteiger partial charge in [0.15, 0.2) is 0 Å². The summed E-state index contributed by atoms with van der Waals surface area (Å²) >= 11 is 1.23. The third kappa shape index (κ3) is 2.96. The van der Waals surface area contributed by atoms with E-state index in [9.17, 15) is 19.8 Å². The molecule has 0 saturated carbocycles. The van der Waals surface area contributed by atoms with Gasteiger partial charge >= 0.3 is 11.9 Å². The lowest BCUT2D eigenvalue weighted by Gasteiger charge is -2.30. The van der Waals surface area contributed by atoms with E-state index in [1.807, 2.05) is 0 Å². The molecule has 6 nitrogen and oxygen atoms in total. The van der Waals surface area contributed by atoms with Crippen molar-refractivity contribution in [1.82, 2.24) is 5.32 Å². The van der Waals surface area contributed by atoms with Gasteiger partial charge in [-0.1, -0.05) is 0 Å². The van der Waals surface area contributed by atoms with Gasteiger partial charge in [-0.3, -0.25) is 14.9 Å². The summed E-state index contributed by atoms with van der Waals surface area (Å²) in [6.07, 6.45) is 0. The molecule has 4 N–H and O–H groups in total. The summed E-state index contributed by atoms with van der Waals surface area (Å²) in [4.78, 5) is 22.4. The van der Waals surface area contributed by atoms with Crippen LogP contribution in [0.15, 0.2) is 0 Å². The van der Waals surface area contributed by atoms with Crippen LogP contribution in [-0.4, -0.2) is 49.0 Å². The van der Waals surface area contributed by atoms with Crippen molar-refractivity contribution in [2.24, 2.45) is 5.92 Å². The van der Waals surface area contributed by atoms with E-state index in [0.717, 1.165) is 0 Å². The fraction of sp³-hybridized carbons (Fsp3) is 0.818. The van der Waals surface area contributed by atoms with Crippen LogP contribution in [0.25, 0.3) is 0 Å². The number of hydrogen-bond acceptors (Lipinski definition) is 5. The standard InChI is InChI=1S/C11H19NO5S/c1-10(2,17)5(8(13)14)7-12-6(9(15)16)11(3,4)18-7/h5-7,12,17H,1-4H3,(H,13,14)(H,15,16)/t5-,6-,7+/m0/s1. The number of carbonyl (C=O) groups is 2. The first-order valence-electron chi connectivity index (χ1n) is 5.58. The van der Waals surface area contributed by atoms with Crippen LogP contribution in [0.1, 0.15) is 27.7 Å². The van der Waals surface area contributed by atoms with Crippen molar-refractivity contribution in [3.05, 3.63) is 0 Å². The molecule has 0 radical (unpaired) electrons. The number of thioether (sulfide) groups is 1. The predicted molar refractivity (Wildman–Crippen MR) is 67.4 cm³/mol. The van der Waals surface area contributed by atoms with Gasteiger partial charge in [-0.15, -0.1) is 11.8 Å². The van der Waals surface area contributed by atoms with Gasteiger partial charge in [-0.25, -0.2) is 0 Å². The van der Waals surface area contributed by atoms with Gasteiger partial charge < -0.3 is 15.3 Å². The molecule has 1 saturated heterocycles. The van der Waals surface area contributed by atoms with Crippen LogP contribution in [0.5, 0.6) is 0 Å². The molecule has 1 aliphatic rings. The summed E-state index contributed by atoms with van der Waals surface area (Å²) in [5.41, 5.74) is -1.43. The van der Waals surface area contributed by atoms with E-state index in [1.165, 1.54) is 25.6 Å². The van der Waals surface area contributed by atoms with E-state index in [0.29, 0.717) is 0 Å². The molecule has 0 aromatic carbocycles. The van der Waals surface area contributed by atoms with Crippen molar-refractivity contribution in [3.8, 4) is 0 Å². The van der Waals surface area contributed by atoms with Gasteiger partial charge in [-0.05, 0) is 27.7 Å². The third-order valence-electron chi connectivity index (χ3n) is 3.03. The Balaban J connectivity index is 2.99. The number of carboxylic acid groups (broad SMARTS) is 2. The van der Waals surface area contributed by atoms with Crippen molar-refractivity contribution in [2.45, 2.75) is 49.5 Å². The molecule has 0 spiro atoms. The molecule has 104 valence electrons. The number of aliphatic hydroxyl groups is 1. The smallest absolute Gasteiger partial charge is 0.322 e. The van der Waals surface area contributed by atoms with Crippen molar-refractivity contribution in [2.75, 3.05) is 0 Å². The number of hydrogen-bond donors (Lipinski definition) is 4. The summed E-state index contributed by atoms with van der Waals surface area (Å²) in [5, 5.41) is 30.4. The Morgan fingerprint density at radius 1 is 1.33 bits per heavy atom. The maximum atomic E-state index is 11.3. The van der Waals surface area contributed by atoms with Crippen molar-refractivity contribution in [3.63, 3.8) is 0 Å². The van der Waals surface area contributed by atoms with Crippen LogP contribution in [-0.2, 0) is 9.59 Å². The molecule has 0 bridgehead atoms. The molecule has 0 aromatic rings. The molecule has 0 aromatic heterocycles. The average Bonchev–Trinajstić information content (AvgIpc) is 2.37. The van der Waals surface area contributed by atoms with Crippen LogP contribution in [0.4, 0.5) is 0 Å². The van der Waals surface area contributed by atoms with E-state index < -0.39 is 39.6 Å². The molecular formula is C11H19NO5S. The quantitative estimate of drug-likeness (QED) is 0.587. The lowest BCUT2D eigenvalue weighted by atomic mass is 9.90. The average molecular weight is 277 g/mol. The van der Waals surface area contributed by atoms with Gasteiger partial charge in [0, 0.05) is 4.75 Å². The lowest BCUT2D eigenvalue weighted by Crippen LogP contribution is -2.51. The Bertz CT molecular complexity index is 363. The minimum absolute atomic E-state index is 0.630. The van der Waals surface area contributed by atoms with Crippen molar-refractivity contribution >= 4 is 23.7 Å². The van der Waals surface area contributed by atoms with Gasteiger partial charge in [-0.2, -0.15) is 0 Å². The van der Waals surface area contributed by atoms with Gasteiger partial charge in [0.25, 0.3) is 0 Å². The molecule has 7 heteroatoms. The summed E-state index contributed by atoms with van der Waals surface area (Å²) in [6.45, 7) is 6.31. The number of carboxylic acids is 2. The minimum atomic E-state index is -1.43. The highest BCUT2D eigenvalue weighted by atomic mass is 32.2. The first-order chi connectivity index (χ1) is 7.97. The fourth-order valence-electron chi connectivity index (χ4n) is 2.13.